The minimum absolute atomic E-state index is 0.0441. The zero-order valence-corrected chi connectivity index (χ0v) is 27.0. The number of benzene rings is 2. The summed E-state index contributed by atoms with van der Waals surface area (Å²) in [5.41, 5.74) is 5.85. The average molecular weight is 652 g/mol. The van der Waals surface area contributed by atoms with Crippen molar-refractivity contribution >= 4 is 46.5 Å². The van der Waals surface area contributed by atoms with Gasteiger partial charge in [0.15, 0.2) is 5.84 Å². The molecule has 0 aliphatic carbocycles. The SMILES string of the molecule is CC(C)(C)OC(=O)NN=C(NNC(=O)OC(C)(C)C)c1ccc(F)c2c(C(=O)C(=O)N3CCN(C(=O)c4ccccc4)CC3)c[nH]c12. The molecule has 1 saturated heterocycles. The van der Waals surface area contributed by atoms with Gasteiger partial charge in [0, 0.05) is 48.9 Å². The third kappa shape index (κ3) is 8.83. The van der Waals surface area contributed by atoms with Gasteiger partial charge in [-0.05, 0) is 65.8 Å². The highest BCUT2D eigenvalue weighted by Gasteiger charge is 2.31. The van der Waals surface area contributed by atoms with E-state index in [4.69, 9.17) is 9.47 Å². The summed E-state index contributed by atoms with van der Waals surface area (Å²) in [4.78, 5) is 69.9. The van der Waals surface area contributed by atoms with Gasteiger partial charge < -0.3 is 24.3 Å². The fourth-order valence-electron chi connectivity index (χ4n) is 4.69. The van der Waals surface area contributed by atoms with Gasteiger partial charge in [-0.3, -0.25) is 19.8 Å². The monoisotopic (exact) mass is 651 g/mol. The van der Waals surface area contributed by atoms with Crippen molar-refractivity contribution in [3.8, 4) is 0 Å². The normalized spacial score (nSPS) is 14.0. The molecule has 4 rings (SSSR count). The number of fused-ring (bicyclic) bond motifs is 1. The predicted octanol–water partition coefficient (Wildman–Crippen LogP) is 3.69. The van der Waals surface area contributed by atoms with Crippen LogP contribution in [0.2, 0.25) is 0 Å². The Kier molecular flexibility index (Phi) is 10.2. The second-order valence-corrected chi connectivity index (χ2v) is 12.7. The van der Waals surface area contributed by atoms with Crippen molar-refractivity contribution < 1.29 is 37.8 Å². The van der Waals surface area contributed by atoms with Crippen molar-refractivity contribution in [3.63, 3.8) is 0 Å². The van der Waals surface area contributed by atoms with Gasteiger partial charge in [0.25, 0.3) is 17.6 Å². The highest BCUT2D eigenvalue weighted by atomic mass is 19.1. The molecule has 1 aliphatic rings. The molecule has 14 nitrogen and oxygen atoms in total. The summed E-state index contributed by atoms with van der Waals surface area (Å²) in [7, 11) is 0. The van der Waals surface area contributed by atoms with Crippen LogP contribution in [0.25, 0.3) is 10.9 Å². The first-order valence-corrected chi connectivity index (χ1v) is 14.8. The molecule has 4 N–H and O–H groups in total. The number of carbonyl (C=O) groups excluding carboxylic acids is 5. The number of nitrogens with zero attached hydrogens (tertiary/aromatic N) is 3. The van der Waals surface area contributed by atoms with Crippen LogP contribution in [-0.4, -0.2) is 87.8 Å². The molecule has 0 bridgehead atoms. The lowest BCUT2D eigenvalue weighted by molar-refractivity contribution is -0.127. The van der Waals surface area contributed by atoms with E-state index in [9.17, 15) is 24.0 Å². The first-order valence-electron chi connectivity index (χ1n) is 14.8. The Morgan fingerprint density at radius 2 is 1.38 bits per heavy atom. The van der Waals surface area contributed by atoms with Gasteiger partial charge in [0.2, 0.25) is 0 Å². The molecule has 0 atom stereocenters. The van der Waals surface area contributed by atoms with E-state index in [0.717, 1.165) is 6.07 Å². The van der Waals surface area contributed by atoms with Crippen LogP contribution in [0.3, 0.4) is 0 Å². The largest absolute Gasteiger partial charge is 0.443 e. The third-order valence-corrected chi connectivity index (χ3v) is 6.69. The molecule has 0 spiro atoms. The van der Waals surface area contributed by atoms with E-state index in [1.54, 1.807) is 70.7 Å². The number of aromatic nitrogens is 1. The second-order valence-electron chi connectivity index (χ2n) is 12.7. The number of H-pyrrole nitrogens is 1. The van der Waals surface area contributed by atoms with Crippen LogP contribution in [0.15, 0.2) is 53.8 Å². The number of ether oxygens (including phenoxy) is 2. The van der Waals surface area contributed by atoms with Crippen molar-refractivity contribution in [2.75, 3.05) is 26.2 Å². The quantitative estimate of drug-likeness (QED) is 0.106. The van der Waals surface area contributed by atoms with Crippen LogP contribution in [0.4, 0.5) is 14.0 Å². The highest BCUT2D eigenvalue weighted by Crippen LogP contribution is 2.26. The molecule has 15 heteroatoms. The van der Waals surface area contributed by atoms with E-state index >= 15 is 4.39 Å². The Morgan fingerprint density at radius 1 is 0.787 bits per heavy atom. The number of aromatic amines is 1. The first kappa shape index (κ1) is 34.4. The number of hydrogen-bond donors (Lipinski definition) is 4. The maximum Gasteiger partial charge on any atom is 0.428 e. The molecule has 0 saturated carbocycles. The van der Waals surface area contributed by atoms with Crippen LogP contribution < -0.4 is 16.3 Å². The molecule has 1 aliphatic heterocycles. The van der Waals surface area contributed by atoms with E-state index in [1.807, 2.05) is 6.07 Å². The van der Waals surface area contributed by atoms with Crippen molar-refractivity contribution in [1.29, 1.82) is 0 Å². The lowest BCUT2D eigenvalue weighted by Crippen LogP contribution is -2.52. The molecule has 2 aromatic carbocycles. The number of Topliss-reactive ketones (excluding diaryl/α,β-unsaturated/α-hetero) is 1. The number of nitrogens with one attached hydrogen (secondary N) is 4. The van der Waals surface area contributed by atoms with Gasteiger partial charge in [0.05, 0.1) is 11.1 Å². The Morgan fingerprint density at radius 3 is 2.00 bits per heavy atom. The number of hydrazone groups is 1. The highest BCUT2D eigenvalue weighted by molar-refractivity contribution is 6.45. The third-order valence-electron chi connectivity index (χ3n) is 6.69. The van der Waals surface area contributed by atoms with E-state index in [1.165, 1.54) is 17.2 Å². The minimum atomic E-state index is -0.958. The molecular weight excluding hydrogens is 613 g/mol. The van der Waals surface area contributed by atoms with Gasteiger partial charge in [-0.25, -0.2) is 24.8 Å². The lowest BCUT2D eigenvalue weighted by Gasteiger charge is -2.34. The number of rotatable bonds is 5. The molecule has 1 fully saturated rings. The van der Waals surface area contributed by atoms with Crippen molar-refractivity contribution in [2.24, 2.45) is 5.10 Å². The van der Waals surface area contributed by atoms with Crippen LogP contribution in [0.1, 0.15) is 67.8 Å². The number of carbonyl (C=O) groups is 5. The smallest absolute Gasteiger partial charge is 0.428 e. The molecule has 0 radical (unpaired) electrons. The minimum Gasteiger partial charge on any atom is -0.443 e. The Balaban J connectivity index is 1.57. The van der Waals surface area contributed by atoms with Gasteiger partial charge >= 0.3 is 12.2 Å². The van der Waals surface area contributed by atoms with E-state index < -0.39 is 40.9 Å². The molecule has 250 valence electrons. The summed E-state index contributed by atoms with van der Waals surface area (Å²) < 4.78 is 25.7. The number of piperazine rings is 1. The van der Waals surface area contributed by atoms with Crippen LogP contribution >= 0.6 is 0 Å². The lowest BCUT2D eigenvalue weighted by atomic mass is 10.0. The van der Waals surface area contributed by atoms with Crippen LogP contribution in [-0.2, 0) is 14.3 Å². The van der Waals surface area contributed by atoms with Crippen molar-refractivity contribution in [2.45, 2.75) is 52.7 Å². The number of ketones is 1. The zero-order chi connectivity index (χ0) is 34.5. The maximum atomic E-state index is 15.3. The summed E-state index contributed by atoms with van der Waals surface area (Å²) in [6.07, 6.45) is -0.586. The summed E-state index contributed by atoms with van der Waals surface area (Å²) in [5.74, 6) is -2.98. The van der Waals surface area contributed by atoms with Crippen molar-refractivity contribution in [1.82, 2.24) is 31.1 Å². The molecular formula is C32H38FN7O7. The molecule has 4 amide bonds. The number of amidine groups is 1. The average Bonchev–Trinajstić information content (AvgIpc) is 3.46. The van der Waals surface area contributed by atoms with Crippen LogP contribution in [0.5, 0.6) is 0 Å². The van der Waals surface area contributed by atoms with Gasteiger partial charge in [-0.2, -0.15) is 0 Å². The summed E-state index contributed by atoms with van der Waals surface area (Å²) in [5, 5.41) is 3.80. The zero-order valence-electron chi connectivity index (χ0n) is 27.0. The first-order chi connectivity index (χ1) is 22.0. The summed E-state index contributed by atoms with van der Waals surface area (Å²) in [6.45, 7) is 10.6. The number of halogens is 1. The number of hydrogen-bond acceptors (Lipinski definition) is 8. The number of amides is 4. The summed E-state index contributed by atoms with van der Waals surface area (Å²) in [6, 6.07) is 11.1. The Bertz CT molecular complexity index is 1700. The van der Waals surface area contributed by atoms with Gasteiger partial charge in [-0.1, -0.05) is 18.2 Å². The molecule has 1 aromatic heterocycles. The summed E-state index contributed by atoms with van der Waals surface area (Å²) >= 11 is 0. The van der Waals surface area contributed by atoms with E-state index in [0.29, 0.717) is 5.56 Å². The predicted molar refractivity (Wildman–Crippen MR) is 170 cm³/mol. The van der Waals surface area contributed by atoms with Crippen LogP contribution in [0, 0.1) is 5.82 Å². The fraction of sp³-hybridized carbons (Fsp3) is 0.375. The van der Waals surface area contributed by atoms with Gasteiger partial charge in [0.1, 0.15) is 17.0 Å². The van der Waals surface area contributed by atoms with E-state index in [-0.39, 0.29) is 60.0 Å². The second kappa shape index (κ2) is 13.9. The maximum absolute atomic E-state index is 15.3. The van der Waals surface area contributed by atoms with E-state index in [2.05, 4.69) is 26.4 Å². The molecule has 47 heavy (non-hydrogen) atoms. The topological polar surface area (TPSA) is 175 Å². The van der Waals surface area contributed by atoms with Gasteiger partial charge in [-0.15, -0.1) is 5.10 Å². The number of hydrazine groups is 1. The molecule has 3 aromatic rings. The molecule has 2 heterocycles. The standard InChI is InChI=1S/C32H38FN7O7/c1-31(2,3)46-29(44)37-35-26(36-38-30(45)47-32(4,5)6)20-12-13-22(33)23-21(18-34-24(20)23)25(41)28(43)40-16-14-39(15-17-40)27(42)19-10-8-7-9-11-19/h7-13,18,34H,14-17H2,1-6H3,(H,35,36)(H,37,44)(H,38,45). The Labute approximate surface area is 270 Å². The fourth-order valence-corrected chi connectivity index (χ4v) is 4.69. The molecule has 0 unspecified atom stereocenters. The Hall–Kier alpha value is -5.47. The van der Waals surface area contributed by atoms with Crippen molar-refractivity contribution in [3.05, 3.63) is 71.2 Å².